The van der Waals surface area contributed by atoms with Gasteiger partial charge in [-0.1, -0.05) is 12.1 Å². The van der Waals surface area contributed by atoms with Crippen molar-refractivity contribution in [3.63, 3.8) is 0 Å². The molecule has 0 aliphatic carbocycles. The Balaban J connectivity index is 2.19. The van der Waals surface area contributed by atoms with E-state index in [2.05, 4.69) is 17.1 Å². The second kappa shape index (κ2) is 4.14. The van der Waals surface area contributed by atoms with E-state index in [4.69, 9.17) is 4.52 Å². The zero-order valence-corrected chi connectivity index (χ0v) is 9.25. The summed E-state index contributed by atoms with van der Waals surface area (Å²) >= 11 is 0. The first-order chi connectivity index (χ1) is 7.20. The number of hydrogen-bond donors (Lipinski definition) is 0. The van der Waals surface area contributed by atoms with Gasteiger partial charge in [-0.05, 0) is 7.05 Å². The van der Waals surface area contributed by atoms with Crippen LogP contribution in [0.3, 0.4) is 0 Å². The summed E-state index contributed by atoms with van der Waals surface area (Å²) in [5, 5.41) is 4.02. The zero-order valence-electron chi connectivity index (χ0n) is 9.25. The lowest BCUT2D eigenvalue weighted by atomic mass is 10.0. The molecule has 0 N–H and O–H groups in total. The molecule has 0 saturated heterocycles. The Hall–Kier alpha value is -1.16. The van der Waals surface area contributed by atoms with Crippen molar-refractivity contribution >= 4 is 5.78 Å². The molecule has 2 heterocycles. The molecule has 1 aliphatic heterocycles. The summed E-state index contributed by atoms with van der Waals surface area (Å²) in [5.41, 5.74) is 2.16. The molecule has 0 amide bonds. The van der Waals surface area contributed by atoms with Gasteiger partial charge in [0.1, 0.15) is 11.5 Å². The highest BCUT2D eigenvalue weighted by atomic mass is 16.5. The molecule has 1 aliphatic rings. The summed E-state index contributed by atoms with van der Waals surface area (Å²) < 4.78 is 5.24. The van der Waals surface area contributed by atoms with Crippen molar-refractivity contribution in [1.82, 2.24) is 10.1 Å². The number of Topliss-reactive ketones (excluding diaryl/α,β-unsaturated/α-hetero) is 1. The van der Waals surface area contributed by atoms with Gasteiger partial charge in [-0.25, -0.2) is 0 Å². The summed E-state index contributed by atoms with van der Waals surface area (Å²) in [5.74, 6) is 0.977. The minimum Gasteiger partial charge on any atom is -0.360 e. The van der Waals surface area contributed by atoms with Crippen LogP contribution in [-0.2, 0) is 24.2 Å². The third kappa shape index (κ3) is 2.09. The van der Waals surface area contributed by atoms with Gasteiger partial charge >= 0.3 is 0 Å². The monoisotopic (exact) mass is 208 g/mol. The molecule has 2 rings (SSSR count). The highest BCUT2D eigenvalue weighted by Gasteiger charge is 2.22. The van der Waals surface area contributed by atoms with Crippen LogP contribution < -0.4 is 0 Å². The van der Waals surface area contributed by atoms with Crippen LogP contribution in [0.25, 0.3) is 0 Å². The molecule has 0 unspecified atom stereocenters. The van der Waals surface area contributed by atoms with Gasteiger partial charge < -0.3 is 9.42 Å². The Morgan fingerprint density at radius 1 is 1.60 bits per heavy atom. The van der Waals surface area contributed by atoms with Crippen LogP contribution >= 0.6 is 0 Å². The molecule has 4 heteroatoms. The van der Waals surface area contributed by atoms with Crippen molar-refractivity contribution in [3.8, 4) is 0 Å². The summed E-state index contributed by atoms with van der Waals surface area (Å²) in [7, 11) is 2.07. The lowest BCUT2D eigenvalue weighted by Crippen LogP contribution is -2.26. The van der Waals surface area contributed by atoms with Gasteiger partial charge in [-0.15, -0.1) is 0 Å². The SMILES string of the molecule is CCC(=O)Cc1onc2c1CN(C)CC2. The van der Waals surface area contributed by atoms with Gasteiger partial charge in [0.15, 0.2) is 0 Å². The van der Waals surface area contributed by atoms with Crippen LogP contribution in [0.5, 0.6) is 0 Å². The fourth-order valence-corrected chi connectivity index (χ4v) is 1.85. The highest BCUT2D eigenvalue weighted by Crippen LogP contribution is 2.21. The molecule has 1 aromatic heterocycles. The van der Waals surface area contributed by atoms with Gasteiger partial charge in [0.05, 0.1) is 12.1 Å². The second-order valence-electron chi connectivity index (χ2n) is 4.09. The lowest BCUT2D eigenvalue weighted by Gasteiger charge is -2.20. The van der Waals surface area contributed by atoms with E-state index in [-0.39, 0.29) is 5.78 Å². The molecular weight excluding hydrogens is 192 g/mol. The molecule has 0 atom stereocenters. The van der Waals surface area contributed by atoms with E-state index in [1.165, 1.54) is 0 Å². The van der Waals surface area contributed by atoms with Crippen LogP contribution in [0.4, 0.5) is 0 Å². The number of nitrogens with zero attached hydrogens (tertiary/aromatic N) is 2. The molecule has 1 aromatic rings. The Labute approximate surface area is 89.2 Å². The summed E-state index contributed by atoms with van der Waals surface area (Å²) in [6.45, 7) is 3.74. The van der Waals surface area contributed by atoms with E-state index in [0.717, 1.165) is 36.5 Å². The minimum atomic E-state index is 0.210. The first-order valence-corrected chi connectivity index (χ1v) is 5.37. The second-order valence-corrected chi connectivity index (χ2v) is 4.09. The molecule has 0 spiro atoms. The average Bonchev–Trinajstić information content (AvgIpc) is 2.61. The number of carbonyl (C=O) groups is 1. The van der Waals surface area contributed by atoms with E-state index >= 15 is 0 Å². The van der Waals surface area contributed by atoms with Crippen LogP contribution in [0.2, 0.25) is 0 Å². The maximum Gasteiger partial charge on any atom is 0.148 e. The fourth-order valence-electron chi connectivity index (χ4n) is 1.85. The quantitative estimate of drug-likeness (QED) is 0.748. The summed E-state index contributed by atoms with van der Waals surface area (Å²) in [6, 6.07) is 0. The van der Waals surface area contributed by atoms with E-state index in [0.29, 0.717) is 12.8 Å². The number of hydrogen-bond acceptors (Lipinski definition) is 4. The lowest BCUT2D eigenvalue weighted by molar-refractivity contribution is -0.118. The van der Waals surface area contributed by atoms with Crippen molar-refractivity contribution in [2.75, 3.05) is 13.6 Å². The predicted octanol–water partition coefficient (Wildman–Crippen LogP) is 1.18. The topological polar surface area (TPSA) is 46.3 Å². The Kier molecular flexibility index (Phi) is 2.86. The average molecular weight is 208 g/mol. The molecule has 4 nitrogen and oxygen atoms in total. The number of likely N-dealkylation sites (N-methyl/N-ethyl adjacent to an activating group) is 1. The molecule has 0 bridgehead atoms. The number of rotatable bonds is 3. The third-order valence-electron chi connectivity index (χ3n) is 2.86. The van der Waals surface area contributed by atoms with E-state index in [1.54, 1.807) is 0 Å². The van der Waals surface area contributed by atoms with Crippen molar-refractivity contribution in [1.29, 1.82) is 0 Å². The first-order valence-electron chi connectivity index (χ1n) is 5.37. The highest BCUT2D eigenvalue weighted by molar-refractivity contribution is 5.80. The first kappa shape index (κ1) is 10.4. The van der Waals surface area contributed by atoms with E-state index in [9.17, 15) is 4.79 Å². The van der Waals surface area contributed by atoms with Gasteiger partial charge in [0.25, 0.3) is 0 Å². The Bertz CT molecular complexity index is 371. The van der Waals surface area contributed by atoms with E-state index in [1.807, 2.05) is 6.92 Å². The minimum absolute atomic E-state index is 0.210. The number of fused-ring (bicyclic) bond motifs is 1. The zero-order chi connectivity index (χ0) is 10.8. The van der Waals surface area contributed by atoms with Crippen LogP contribution in [0.15, 0.2) is 4.52 Å². The van der Waals surface area contributed by atoms with Gasteiger partial charge in [-0.3, -0.25) is 4.79 Å². The normalized spacial score (nSPS) is 16.4. The molecule has 0 radical (unpaired) electrons. The van der Waals surface area contributed by atoms with E-state index < -0.39 is 0 Å². The maximum absolute atomic E-state index is 11.3. The van der Waals surface area contributed by atoms with Crippen molar-refractivity contribution in [2.45, 2.75) is 32.7 Å². The summed E-state index contributed by atoms with van der Waals surface area (Å²) in [4.78, 5) is 13.6. The third-order valence-corrected chi connectivity index (χ3v) is 2.86. The van der Waals surface area contributed by atoms with Crippen LogP contribution in [-0.4, -0.2) is 29.4 Å². The molecule has 82 valence electrons. The molecule has 15 heavy (non-hydrogen) atoms. The van der Waals surface area contributed by atoms with Gasteiger partial charge in [0, 0.05) is 31.5 Å². The molecular formula is C11H16N2O2. The fraction of sp³-hybridized carbons (Fsp3) is 0.636. The number of aromatic nitrogens is 1. The van der Waals surface area contributed by atoms with Crippen LogP contribution in [0.1, 0.15) is 30.4 Å². The van der Waals surface area contributed by atoms with Gasteiger partial charge in [-0.2, -0.15) is 0 Å². The molecule has 0 saturated carbocycles. The molecule has 0 aromatic carbocycles. The molecule has 0 fully saturated rings. The Morgan fingerprint density at radius 2 is 2.40 bits per heavy atom. The standard InChI is InChI=1S/C11H16N2O2/c1-3-8(14)6-11-9-7-13(2)5-4-10(9)12-15-11/h3-7H2,1-2H3. The maximum atomic E-state index is 11.3. The smallest absolute Gasteiger partial charge is 0.148 e. The largest absolute Gasteiger partial charge is 0.360 e. The van der Waals surface area contributed by atoms with Crippen molar-refractivity contribution < 1.29 is 9.32 Å². The van der Waals surface area contributed by atoms with Crippen molar-refractivity contribution in [3.05, 3.63) is 17.0 Å². The number of carbonyl (C=O) groups excluding carboxylic acids is 1. The predicted molar refractivity (Wildman–Crippen MR) is 55.5 cm³/mol. The Morgan fingerprint density at radius 3 is 3.13 bits per heavy atom. The number of ketones is 1. The van der Waals surface area contributed by atoms with Crippen LogP contribution in [0, 0.1) is 0 Å². The summed E-state index contributed by atoms with van der Waals surface area (Å²) in [6.07, 6.45) is 1.88. The van der Waals surface area contributed by atoms with Crippen molar-refractivity contribution in [2.24, 2.45) is 0 Å². The van der Waals surface area contributed by atoms with Gasteiger partial charge in [0.2, 0.25) is 0 Å².